The maximum atomic E-state index is 13.6. The van der Waals surface area contributed by atoms with Crippen LogP contribution in [0.25, 0.3) is 17.0 Å². The van der Waals surface area contributed by atoms with Gasteiger partial charge in [0.25, 0.3) is 0 Å². The number of esters is 1. The molecule has 2 heterocycles. The number of fused-ring (bicyclic) bond motifs is 1. The maximum Gasteiger partial charge on any atom is 0.419 e. The second-order valence-electron chi connectivity index (χ2n) is 11.6. The first kappa shape index (κ1) is 35.4. The van der Waals surface area contributed by atoms with Crippen LogP contribution < -0.4 is 5.32 Å². The zero-order chi connectivity index (χ0) is 33.6. The minimum absolute atomic E-state index is 0.0447. The third-order valence-corrected chi connectivity index (χ3v) is 8.88. The summed E-state index contributed by atoms with van der Waals surface area (Å²) >= 11 is 0. The third-order valence-electron chi connectivity index (χ3n) is 6.67. The lowest BCUT2D eigenvalue weighted by Gasteiger charge is -2.25. The van der Waals surface area contributed by atoms with Crippen molar-refractivity contribution in [2.24, 2.45) is 0 Å². The van der Waals surface area contributed by atoms with Crippen molar-refractivity contribution in [2.75, 3.05) is 20.3 Å². The summed E-state index contributed by atoms with van der Waals surface area (Å²) < 4.78 is 36.1. The molecule has 1 amide bonds. The van der Waals surface area contributed by atoms with E-state index in [1.165, 1.54) is 10.9 Å². The van der Waals surface area contributed by atoms with Crippen LogP contribution in [-0.2, 0) is 44.5 Å². The van der Waals surface area contributed by atoms with Gasteiger partial charge in [0, 0.05) is 10.8 Å². The summed E-state index contributed by atoms with van der Waals surface area (Å²) in [4.78, 5) is 58.6. The van der Waals surface area contributed by atoms with Gasteiger partial charge in [0.2, 0.25) is 11.7 Å². The number of imidazole rings is 1. The Morgan fingerprint density at radius 1 is 1.09 bits per heavy atom. The molecule has 2 N–H and O–H groups in total. The largest absolute Gasteiger partial charge is 0.467 e. The van der Waals surface area contributed by atoms with Gasteiger partial charge in [0.05, 0.1) is 50.0 Å². The topological polar surface area (TPSA) is 168 Å². The molecule has 45 heavy (non-hydrogen) atoms. The first-order valence-corrected chi connectivity index (χ1v) is 16.0. The molecule has 0 aliphatic rings. The average Bonchev–Trinajstić information content (AvgIpc) is 3.57. The van der Waals surface area contributed by atoms with E-state index in [1.807, 2.05) is 13.8 Å². The molecule has 3 rings (SSSR count). The molecule has 0 bridgehead atoms. The van der Waals surface area contributed by atoms with Gasteiger partial charge in [-0.2, -0.15) is 0 Å². The van der Waals surface area contributed by atoms with Gasteiger partial charge in [-0.1, -0.05) is 38.1 Å². The highest BCUT2D eigenvalue weighted by molar-refractivity contribution is 7.55. The van der Waals surface area contributed by atoms with Crippen molar-refractivity contribution >= 4 is 48.8 Å². The standard InChI is InChI=1S/C31H41N4O9P/c1-9-42-45(40,43-10-2)27(28(38)41-8)34-25(37)17-21-20-13-11-12-14-23(20)35(29(39)44-30(3,4)5)24(21)15-16-31(6,7)26-22(18-36)32-19-33-26/h11-16,18-19,27H,9-10,17H2,1-8H3,(H,32,33)(H,34,37)/b16-15-. The quantitative estimate of drug-likeness (QED) is 0.140. The van der Waals surface area contributed by atoms with Crippen LogP contribution in [0.1, 0.15) is 75.9 Å². The fourth-order valence-corrected chi connectivity index (χ4v) is 6.52. The van der Waals surface area contributed by atoms with Crippen molar-refractivity contribution in [3.63, 3.8) is 0 Å². The molecule has 14 heteroatoms. The van der Waals surface area contributed by atoms with Crippen molar-refractivity contribution in [3.8, 4) is 0 Å². The van der Waals surface area contributed by atoms with Crippen molar-refractivity contribution < 1.29 is 42.3 Å². The van der Waals surface area contributed by atoms with Crippen LogP contribution in [0.2, 0.25) is 0 Å². The lowest BCUT2D eigenvalue weighted by atomic mass is 9.87. The van der Waals surface area contributed by atoms with E-state index in [1.54, 1.807) is 71.0 Å². The Hall–Kier alpha value is -4.06. The van der Waals surface area contributed by atoms with Gasteiger partial charge in [0.15, 0.2) is 6.29 Å². The highest BCUT2D eigenvalue weighted by Gasteiger charge is 2.43. The van der Waals surface area contributed by atoms with Crippen LogP contribution in [-0.4, -0.2) is 70.5 Å². The molecule has 0 radical (unpaired) electrons. The van der Waals surface area contributed by atoms with Crippen LogP contribution in [0.5, 0.6) is 0 Å². The summed E-state index contributed by atoms with van der Waals surface area (Å²) in [6.45, 7) is 12.0. The summed E-state index contributed by atoms with van der Waals surface area (Å²) in [6.07, 6.45) is 4.50. The van der Waals surface area contributed by atoms with E-state index in [0.29, 0.717) is 34.1 Å². The molecule has 1 aromatic carbocycles. The fourth-order valence-electron chi connectivity index (χ4n) is 4.76. The Morgan fingerprint density at radius 2 is 1.73 bits per heavy atom. The van der Waals surface area contributed by atoms with Gasteiger partial charge in [-0.25, -0.2) is 19.1 Å². The lowest BCUT2D eigenvalue weighted by molar-refractivity contribution is -0.143. The van der Waals surface area contributed by atoms with Gasteiger partial charge in [-0.15, -0.1) is 0 Å². The number of allylic oxidation sites excluding steroid dienone is 1. The molecular formula is C31H41N4O9P. The molecule has 0 fully saturated rings. The number of H-pyrrole nitrogens is 1. The predicted molar refractivity (Wildman–Crippen MR) is 168 cm³/mol. The Bertz CT molecular complexity index is 1620. The summed E-state index contributed by atoms with van der Waals surface area (Å²) in [5, 5.41) is 3.04. The molecular weight excluding hydrogens is 603 g/mol. The number of hydrogen-bond acceptors (Lipinski definition) is 10. The first-order chi connectivity index (χ1) is 21.1. The summed E-state index contributed by atoms with van der Waals surface area (Å²) in [7, 11) is -3.07. The molecule has 0 aliphatic heterocycles. The van der Waals surface area contributed by atoms with Crippen LogP contribution in [0.3, 0.4) is 0 Å². The zero-order valence-corrected chi connectivity index (χ0v) is 27.7. The molecule has 0 saturated heterocycles. The van der Waals surface area contributed by atoms with Crippen molar-refractivity contribution in [1.29, 1.82) is 0 Å². The molecule has 1 atom stereocenters. The number of para-hydroxylation sites is 1. The number of rotatable bonds is 13. The normalized spacial score (nSPS) is 13.2. The van der Waals surface area contributed by atoms with E-state index < -0.39 is 42.4 Å². The van der Waals surface area contributed by atoms with Crippen LogP contribution >= 0.6 is 7.60 Å². The number of carbonyl (C=O) groups excluding carboxylic acids is 4. The minimum atomic E-state index is -4.16. The van der Waals surface area contributed by atoms with Crippen LogP contribution in [0.4, 0.5) is 4.79 Å². The lowest BCUT2D eigenvalue weighted by Crippen LogP contribution is -2.43. The van der Waals surface area contributed by atoms with E-state index in [9.17, 15) is 23.7 Å². The number of amides is 1. The number of ether oxygens (including phenoxy) is 2. The third kappa shape index (κ3) is 8.16. The fraction of sp³-hybridized carbons (Fsp3) is 0.452. The summed E-state index contributed by atoms with van der Waals surface area (Å²) in [5.74, 6) is -3.44. The molecule has 2 aromatic heterocycles. The smallest absolute Gasteiger partial charge is 0.419 e. The SMILES string of the molecule is CCOP(=O)(OCC)C(NC(=O)Cc1c(/C=C\C(C)(C)c2[nH]cnc2C=O)n(C(=O)OC(C)(C)C)c2ccccc12)C(=O)OC. The number of nitrogens with zero attached hydrogens (tertiary/aromatic N) is 2. The average molecular weight is 645 g/mol. The van der Waals surface area contributed by atoms with Crippen molar-refractivity contribution in [1.82, 2.24) is 19.9 Å². The molecule has 3 aromatic rings. The number of methoxy groups -OCH3 is 1. The molecule has 244 valence electrons. The Balaban J connectivity index is 2.19. The Labute approximate surface area is 262 Å². The van der Waals surface area contributed by atoms with E-state index in [2.05, 4.69) is 15.3 Å². The highest BCUT2D eigenvalue weighted by Crippen LogP contribution is 2.52. The number of aldehydes is 1. The number of aromatic amines is 1. The van der Waals surface area contributed by atoms with Crippen LogP contribution in [0, 0.1) is 0 Å². The summed E-state index contributed by atoms with van der Waals surface area (Å²) in [6, 6.07) is 6.98. The van der Waals surface area contributed by atoms with E-state index in [4.69, 9.17) is 18.5 Å². The number of nitrogens with one attached hydrogen (secondary N) is 2. The van der Waals surface area contributed by atoms with E-state index in [-0.39, 0.29) is 25.3 Å². The first-order valence-electron chi connectivity index (χ1n) is 14.4. The number of hydrogen-bond donors (Lipinski definition) is 2. The minimum Gasteiger partial charge on any atom is -0.467 e. The maximum absolute atomic E-state index is 13.6. The Morgan fingerprint density at radius 3 is 2.31 bits per heavy atom. The van der Waals surface area contributed by atoms with Gasteiger partial charge in [-0.3, -0.25) is 14.2 Å². The van der Waals surface area contributed by atoms with Gasteiger partial charge in [-0.05, 0) is 52.3 Å². The molecule has 0 spiro atoms. The van der Waals surface area contributed by atoms with Crippen molar-refractivity contribution in [2.45, 2.75) is 71.7 Å². The molecule has 0 aliphatic carbocycles. The number of aromatic nitrogens is 3. The molecule has 13 nitrogen and oxygen atoms in total. The monoisotopic (exact) mass is 644 g/mol. The molecule has 1 unspecified atom stereocenters. The predicted octanol–water partition coefficient (Wildman–Crippen LogP) is 5.38. The second kappa shape index (κ2) is 14.4. The van der Waals surface area contributed by atoms with E-state index in [0.717, 1.165) is 7.11 Å². The van der Waals surface area contributed by atoms with Crippen molar-refractivity contribution in [3.05, 3.63) is 59.3 Å². The van der Waals surface area contributed by atoms with Gasteiger partial charge in [0.1, 0.15) is 11.3 Å². The second-order valence-corrected chi connectivity index (χ2v) is 13.7. The Kier molecular flexibility index (Phi) is 11.3. The number of benzene rings is 1. The zero-order valence-electron chi connectivity index (χ0n) is 26.8. The van der Waals surface area contributed by atoms with Crippen LogP contribution in [0.15, 0.2) is 36.7 Å². The molecule has 0 saturated carbocycles. The number of carbonyl (C=O) groups is 4. The summed E-state index contributed by atoms with van der Waals surface area (Å²) in [5.41, 5.74) is 0.415. The highest BCUT2D eigenvalue weighted by atomic mass is 31.2. The van der Waals surface area contributed by atoms with Gasteiger partial charge >= 0.3 is 19.7 Å². The van der Waals surface area contributed by atoms with Gasteiger partial charge < -0.3 is 28.8 Å². The van der Waals surface area contributed by atoms with E-state index >= 15 is 0 Å².